The minimum atomic E-state index is -0.991. The molecule has 14 nitrogen and oxygen atoms in total. The van der Waals surface area contributed by atoms with Gasteiger partial charge in [0.15, 0.2) is 23.3 Å². The summed E-state index contributed by atoms with van der Waals surface area (Å²) >= 11 is 0. The molecule has 0 bridgehead atoms. The van der Waals surface area contributed by atoms with Crippen LogP contribution in [0.5, 0.6) is 0 Å². The lowest BCUT2D eigenvalue weighted by Gasteiger charge is -2.32. The molecule has 0 unspecified atom stereocenters. The standard InChI is InChI=1S/C30H32F2N4O3.C28H28F2N4O3/c1-4-38-22-9-6-20(7-10-22)36-26-12-5-19(29-17(2)34-39-18(29)3)15-25(26)33-30(36)27-13-14-28(37)35(27)21-8-11-23(31)24(32)16-21;1-15-27(16(2)37-32-15)17-3-10-24-23(13-17)31-28(34(24)18-4-7-20(35)8-5-18)25-11-12-26(36)33(25)19-6-9-21(29)22(30)14-19/h5,8,11-12,15-16,20,22,27H,4,6-7,9-10,13-14H2,1-3H3;3,6,9-10,13-14,18,20,25,35H,4-5,7-8,11-12H2,1-2H3/t20?,22?,27-;18?,20?,25-/m00/s1. The van der Waals surface area contributed by atoms with E-state index in [1.165, 1.54) is 12.1 Å². The van der Waals surface area contributed by atoms with Crippen molar-refractivity contribution in [3.05, 3.63) is 131 Å². The van der Waals surface area contributed by atoms with E-state index < -0.39 is 29.3 Å². The highest BCUT2D eigenvalue weighted by Crippen LogP contribution is 2.45. The molecule has 2 aliphatic heterocycles. The van der Waals surface area contributed by atoms with Crippen LogP contribution in [-0.4, -0.2) is 65.2 Å². The Hall–Kier alpha value is -7.18. The van der Waals surface area contributed by atoms with Gasteiger partial charge in [-0.05, 0) is 158 Å². The zero-order chi connectivity index (χ0) is 53.1. The van der Waals surface area contributed by atoms with Gasteiger partial charge in [-0.15, -0.1) is 0 Å². The van der Waals surface area contributed by atoms with E-state index in [-0.39, 0.29) is 42.1 Å². The van der Waals surface area contributed by atoms with Gasteiger partial charge in [0.05, 0.1) is 57.7 Å². The van der Waals surface area contributed by atoms with E-state index in [1.54, 1.807) is 9.80 Å². The molecule has 2 atom stereocenters. The number of aryl methyl sites for hydroxylation is 4. The van der Waals surface area contributed by atoms with Crippen LogP contribution in [0.2, 0.25) is 0 Å². The predicted molar refractivity (Wildman–Crippen MR) is 277 cm³/mol. The molecule has 0 radical (unpaired) electrons. The van der Waals surface area contributed by atoms with Gasteiger partial charge < -0.3 is 37.8 Å². The molecule has 0 spiro atoms. The zero-order valence-electron chi connectivity index (χ0n) is 43.2. The fourth-order valence-electron chi connectivity index (χ4n) is 12.4. The van der Waals surface area contributed by atoms with Gasteiger partial charge in [-0.1, -0.05) is 22.4 Å². The first-order chi connectivity index (χ1) is 36.7. The van der Waals surface area contributed by atoms with Gasteiger partial charge in [-0.3, -0.25) is 9.59 Å². The van der Waals surface area contributed by atoms with E-state index in [1.807, 2.05) is 58.9 Å². The van der Waals surface area contributed by atoms with Crippen molar-refractivity contribution in [2.24, 2.45) is 0 Å². The summed E-state index contributed by atoms with van der Waals surface area (Å²) in [7, 11) is 0. The third kappa shape index (κ3) is 9.36. The van der Waals surface area contributed by atoms with Gasteiger partial charge in [0.2, 0.25) is 11.8 Å². The summed E-state index contributed by atoms with van der Waals surface area (Å²) in [5.74, 6) is -1.16. The zero-order valence-corrected chi connectivity index (χ0v) is 43.2. The smallest absolute Gasteiger partial charge is 0.227 e. The van der Waals surface area contributed by atoms with Crippen LogP contribution in [0.3, 0.4) is 0 Å². The summed E-state index contributed by atoms with van der Waals surface area (Å²) in [4.78, 5) is 39.4. The molecule has 18 heteroatoms. The minimum absolute atomic E-state index is 0.107. The van der Waals surface area contributed by atoms with Crippen molar-refractivity contribution >= 4 is 45.3 Å². The lowest BCUT2D eigenvalue weighted by molar-refractivity contribution is -0.118. The van der Waals surface area contributed by atoms with E-state index >= 15 is 0 Å². The third-order valence-electron chi connectivity index (χ3n) is 15.9. The predicted octanol–water partition coefficient (Wildman–Crippen LogP) is 12.9. The number of amides is 2. The lowest BCUT2D eigenvalue weighted by atomic mass is 9.92. The molecule has 2 saturated heterocycles. The topological polar surface area (TPSA) is 158 Å². The molecule has 4 aliphatic rings. The van der Waals surface area contributed by atoms with Crippen LogP contribution < -0.4 is 9.80 Å². The van der Waals surface area contributed by atoms with Crippen LogP contribution in [0.15, 0.2) is 81.8 Å². The van der Waals surface area contributed by atoms with Crippen LogP contribution in [0.1, 0.15) is 143 Å². The first-order valence-electron chi connectivity index (χ1n) is 26.4. The number of ether oxygens (including phenoxy) is 1. The quantitative estimate of drug-likeness (QED) is 0.131. The summed E-state index contributed by atoms with van der Waals surface area (Å²) in [5.41, 5.74) is 9.59. The number of aliphatic hydroxyl groups excluding tert-OH is 1. The van der Waals surface area contributed by atoms with Gasteiger partial charge in [0.25, 0.3) is 0 Å². The number of anilines is 2. The molecular formula is C58H60F4N8O6. The number of benzene rings is 4. The van der Waals surface area contributed by atoms with Crippen molar-refractivity contribution in [2.75, 3.05) is 16.4 Å². The molecule has 4 fully saturated rings. The molecule has 76 heavy (non-hydrogen) atoms. The number of fused-ring (bicyclic) bond motifs is 2. The van der Waals surface area contributed by atoms with Crippen molar-refractivity contribution < 1.29 is 46.0 Å². The Morgan fingerprint density at radius 3 is 1.39 bits per heavy atom. The number of aliphatic hydroxyl groups is 1. The number of nitrogens with zero attached hydrogens (tertiary/aromatic N) is 8. The third-order valence-corrected chi connectivity index (χ3v) is 15.9. The number of rotatable bonds is 10. The number of halogens is 4. The summed E-state index contributed by atoms with van der Waals surface area (Å²) < 4.78 is 76.9. The molecule has 2 amide bonds. The minimum Gasteiger partial charge on any atom is -0.393 e. The van der Waals surface area contributed by atoms with Crippen molar-refractivity contribution in [3.8, 4) is 22.3 Å². The number of hydrogen-bond donors (Lipinski definition) is 1. The maximum atomic E-state index is 14.2. The van der Waals surface area contributed by atoms with Gasteiger partial charge >= 0.3 is 0 Å². The van der Waals surface area contributed by atoms with Crippen LogP contribution >= 0.6 is 0 Å². The van der Waals surface area contributed by atoms with Crippen LogP contribution in [0.25, 0.3) is 44.3 Å². The van der Waals surface area contributed by atoms with E-state index in [0.717, 1.165) is 142 Å². The lowest BCUT2D eigenvalue weighted by Crippen LogP contribution is -2.31. The monoisotopic (exact) mass is 1040 g/mol. The highest BCUT2D eigenvalue weighted by Gasteiger charge is 2.41. The van der Waals surface area contributed by atoms with Crippen molar-refractivity contribution in [1.82, 2.24) is 29.4 Å². The first-order valence-corrected chi connectivity index (χ1v) is 26.4. The molecule has 2 aliphatic carbocycles. The van der Waals surface area contributed by atoms with Gasteiger partial charge in [0.1, 0.15) is 23.2 Å². The summed E-state index contributed by atoms with van der Waals surface area (Å²) in [6.07, 6.45) is 8.34. The van der Waals surface area contributed by atoms with E-state index in [0.29, 0.717) is 56.5 Å². The Labute approximate surface area is 436 Å². The average Bonchev–Trinajstić information content (AvgIpc) is 4.30. The SMILES string of the molecule is CCOC1CCC(n2c([C@@H]3CCC(=O)N3c3ccc(F)c(F)c3)nc3cc(-c4c(C)noc4C)ccc32)CC1.Cc1noc(C)c1-c1ccc2c(c1)nc([C@@H]1CCC(=O)N1c1ccc(F)c(F)c1)n2C1CCC(O)CC1. The Morgan fingerprint density at radius 1 is 0.566 bits per heavy atom. The maximum Gasteiger partial charge on any atom is 0.227 e. The summed E-state index contributed by atoms with van der Waals surface area (Å²) in [6, 6.07) is 19.0. The second-order valence-electron chi connectivity index (χ2n) is 20.7. The van der Waals surface area contributed by atoms with Crippen LogP contribution in [0, 0.1) is 51.0 Å². The fourth-order valence-corrected chi connectivity index (χ4v) is 12.4. The second-order valence-corrected chi connectivity index (χ2v) is 20.7. The molecular weight excluding hydrogens is 981 g/mol. The second kappa shape index (κ2) is 20.7. The number of carbonyl (C=O) groups excluding carboxylic acids is 2. The Morgan fingerprint density at radius 2 is 1.00 bits per heavy atom. The Kier molecular flexibility index (Phi) is 13.9. The van der Waals surface area contributed by atoms with Crippen molar-refractivity contribution in [2.45, 2.75) is 148 Å². The molecule has 1 N–H and O–H groups in total. The van der Waals surface area contributed by atoms with Crippen LogP contribution in [0.4, 0.5) is 28.9 Å². The number of carbonyl (C=O) groups is 2. The van der Waals surface area contributed by atoms with Crippen LogP contribution in [-0.2, 0) is 14.3 Å². The highest BCUT2D eigenvalue weighted by molar-refractivity contribution is 5.97. The molecule has 396 valence electrons. The van der Waals surface area contributed by atoms with Crippen molar-refractivity contribution in [1.29, 1.82) is 0 Å². The van der Waals surface area contributed by atoms with Crippen molar-refractivity contribution in [3.63, 3.8) is 0 Å². The molecule has 8 aromatic rings. The largest absolute Gasteiger partial charge is 0.393 e. The molecule has 2 saturated carbocycles. The number of hydrogen-bond acceptors (Lipinski definition) is 10. The molecule has 4 aromatic heterocycles. The molecule has 6 heterocycles. The van der Waals surface area contributed by atoms with E-state index in [4.69, 9.17) is 23.8 Å². The average molecular weight is 1040 g/mol. The van der Waals surface area contributed by atoms with Gasteiger partial charge in [-0.25, -0.2) is 27.5 Å². The number of aromatic nitrogens is 6. The Bertz CT molecular complexity index is 3460. The maximum absolute atomic E-state index is 14.2. The highest BCUT2D eigenvalue weighted by atomic mass is 19.2. The van der Waals surface area contributed by atoms with E-state index in [9.17, 15) is 32.3 Å². The molecule has 12 rings (SSSR count). The first kappa shape index (κ1) is 51.0. The molecule has 4 aromatic carbocycles. The number of imidazole rings is 2. The van der Waals surface area contributed by atoms with E-state index in [2.05, 4.69) is 31.6 Å². The normalized spacial score (nSPS) is 22.1. The summed E-state index contributed by atoms with van der Waals surface area (Å²) in [6.45, 7) is 10.3. The van der Waals surface area contributed by atoms with Gasteiger partial charge in [0, 0.05) is 66.2 Å². The van der Waals surface area contributed by atoms with Gasteiger partial charge in [-0.2, -0.15) is 0 Å². The fraction of sp³-hybridized carbons (Fsp3) is 0.414. The summed E-state index contributed by atoms with van der Waals surface area (Å²) in [5, 5.41) is 18.3. The Balaban J connectivity index is 0.000000162.